The molecule has 0 spiro atoms. The van der Waals surface area contributed by atoms with Crippen molar-refractivity contribution in [2.24, 2.45) is 0 Å². The molecular weight excluding hydrogens is 330 g/mol. The van der Waals surface area contributed by atoms with Crippen molar-refractivity contribution in [1.29, 1.82) is 0 Å². The zero-order valence-electron chi connectivity index (χ0n) is 10.8. The Morgan fingerprint density at radius 1 is 1.42 bits per heavy atom. The number of carbonyl (C=O) groups is 1. The number of carbonyl (C=O) groups excluding carboxylic acids is 1. The molecule has 104 valence electrons. The molecule has 0 saturated carbocycles. The zero-order valence-corrected chi connectivity index (χ0v) is 13.2. The number of aryl methyl sites for hydroxylation is 1. The second-order valence-electron chi connectivity index (χ2n) is 4.09. The summed E-state index contributed by atoms with van der Waals surface area (Å²) in [6, 6.07) is 6.38. The lowest BCUT2D eigenvalue weighted by atomic mass is 10.2. The van der Waals surface area contributed by atoms with Crippen LogP contribution >= 0.6 is 15.9 Å². The van der Waals surface area contributed by atoms with E-state index in [4.69, 9.17) is 0 Å². The van der Waals surface area contributed by atoms with Crippen LogP contribution in [0.25, 0.3) is 0 Å². The second kappa shape index (κ2) is 6.34. The molecule has 0 N–H and O–H groups in total. The summed E-state index contributed by atoms with van der Waals surface area (Å²) in [5.41, 5.74) is 0.953. The monoisotopic (exact) mass is 345 g/mol. The summed E-state index contributed by atoms with van der Waals surface area (Å²) in [7, 11) is -3.84. The third kappa shape index (κ3) is 3.67. The number of rotatable bonds is 5. The number of hydrogen-bond donors (Lipinski definition) is 0. The minimum Gasteiger partial charge on any atom is -0.272 e. The number of halogens is 1. The van der Waals surface area contributed by atoms with E-state index < -0.39 is 20.8 Å². The van der Waals surface area contributed by atoms with Crippen LogP contribution < -0.4 is 0 Å². The van der Waals surface area contributed by atoms with Crippen LogP contribution in [0.15, 0.2) is 41.8 Å². The quantitative estimate of drug-likeness (QED) is 0.608. The van der Waals surface area contributed by atoms with Crippen LogP contribution in [0.1, 0.15) is 12.5 Å². The number of alkyl halides is 1. The van der Waals surface area contributed by atoms with E-state index in [9.17, 15) is 13.2 Å². The first-order valence-corrected chi connectivity index (χ1v) is 8.04. The van der Waals surface area contributed by atoms with Crippen molar-refractivity contribution in [2.75, 3.05) is 6.54 Å². The van der Waals surface area contributed by atoms with Gasteiger partial charge in [-0.05, 0) is 26.0 Å². The summed E-state index contributed by atoms with van der Waals surface area (Å²) in [6.07, 6.45) is 1.39. The van der Waals surface area contributed by atoms with E-state index in [-0.39, 0.29) is 11.4 Å². The molecular formula is C13H16BrNO3S. The van der Waals surface area contributed by atoms with Gasteiger partial charge >= 0.3 is 0 Å². The van der Waals surface area contributed by atoms with Gasteiger partial charge in [0.05, 0.1) is 16.3 Å². The Balaban J connectivity index is 3.23. The fourth-order valence-corrected chi connectivity index (χ4v) is 3.27. The Bertz CT molecular complexity index is 564. The van der Waals surface area contributed by atoms with Gasteiger partial charge in [-0.1, -0.05) is 39.7 Å². The van der Waals surface area contributed by atoms with Gasteiger partial charge in [-0.3, -0.25) is 4.79 Å². The summed E-state index contributed by atoms with van der Waals surface area (Å²) in [4.78, 5) is 11.5. The van der Waals surface area contributed by atoms with Gasteiger partial charge < -0.3 is 0 Å². The summed E-state index contributed by atoms with van der Waals surface area (Å²) < 4.78 is 25.7. The van der Waals surface area contributed by atoms with E-state index in [1.807, 2.05) is 6.92 Å². The Morgan fingerprint density at radius 2 is 1.95 bits per heavy atom. The lowest BCUT2D eigenvalue weighted by Gasteiger charge is -2.22. The number of benzene rings is 1. The molecule has 0 aliphatic heterocycles. The lowest BCUT2D eigenvalue weighted by Crippen LogP contribution is -2.40. The maximum atomic E-state index is 12.4. The molecule has 6 heteroatoms. The van der Waals surface area contributed by atoms with Crippen molar-refractivity contribution < 1.29 is 13.2 Å². The Hall–Kier alpha value is -1.14. The fourth-order valence-electron chi connectivity index (χ4n) is 1.46. The van der Waals surface area contributed by atoms with Crippen molar-refractivity contribution in [3.05, 3.63) is 42.5 Å². The maximum Gasteiger partial charge on any atom is 0.266 e. The maximum absolute atomic E-state index is 12.4. The topological polar surface area (TPSA) is 54.5 Å². The predicted molar refractivity (Wildman–Crippen MR) is 78.7 cm³/mol. The molecule has 1 rings (SSSR count). The summed E-state index contributed by atoms with van der Waals surface area (Å²) in [6.45, 7) is 6.89. The van der Waals surface area contributed by atoms with Crippen molar-refractivity contribution in [3.8, 4) is 0 Å². The van der Waals surface area contributed by atoms with Crippen LogP contribution in [0.4, 0.5) is 0 Å². The van der Waals surface area contributed by atoms with Gasteiger partial charge in [0.25, 0.3) is 10.0 Å². The molecule has 4 nitrogen and oxygen atoms in total. The minimum atomic E-state index is -3.84. The second-order valence-corrected chi connectivity index (χ2v) is 7.33. The molecule has 1 aromatic rings. The highest BCUT2D eigenvalue weighted by Gasteiger charge is 2.30. The third-order valence-corrected chi connectivity index (χ3v) is 4.66. The smallest absolute Gasteiger partial charge is 0.266 e. The van der Waals surface area contributed by atoms with Crippen LogP contribution in [0.3, 0.4) is 0 Å². The minimum absolute atomic E-state index is 0.0506. The van der Waals surface area contributed by atoms with E-state index in [1.54, 1.807) is 19.1 Å². The van der Waals surface area contributed by atoms with Gasteiger partial charge in [0.1, 0.15) is 0 Å². The van der Waals surface area contributed by atoms with E-state index >= 15 is 0 Å². The van der Waals surface area contributed by atoms with Crippen LogP contribution in [0, 0.1) is 6.92 Å². The van der Waals surface area contributed by atoms with Crippen molar-refractivity contribution in [1.82, 2.24) is 4.31 Å². The molecule has 0 heterocycles. The molecule has 0 saturated heterocycles. The highest BCUT2D eigenvalue weighted by molar-refractivity contribution is 9.10. The molecule has 0 fully saturated rings. The molecule has 1 aromatic carbocycles. The average molecular weight is 346 g/mol. The summed E-state index contributed by atoms with van der Waals surface area (Å²) >= 11 is 3.10. The van der Waals surface area contributed by atoms with Crippen LogP contribution in [0.2, 0.25) is 0 Å². The van der Waals surface area contributed by atoms with Gasteiger partial charge in [-0.25, -0.2) is 12.7 Å². The number of hydrogen-bond acceptors (Lipinski definition) is 3. The fraction of sp³-hybridized carbons (Fsp3) is 0.308. The van der Waals surface area contributed by atoms with E-state index in [2.05, 4.69) is 22.5 Å². The molecule has 0 bridgehead atoms. The normalized spacial score (nSPS) is 12.8. The largest absolute Gasteiger partial charge is 0.272 e. The first-order chi connectivity index (χ1) is 8.80. The molecule has 1 amide bonds. The van der Waals surface area contributed by atoms with E-state index in [1.165, 1.54) is 18.2 Å². The highest BCUT2D eigenvalue weighted by Crippen LogP contribution is 2.18. The van der Waals surface area contributed by atoms with E-state index in [0.717, 1.165) is 9.87 Å². The number of sulfonamides is 1. The Labute approximate surface area is 122 Å². The molecule has 0 aliphatic carbocycles. The molecule has 19 heavy (non-hydrogen) atoms. The first kappa shape index (κ1) is 15.9. The van der Waals surface area contributed by atoms with Gasteiger partial charge in [0.2, 0.25) is 5.91 Å². The molecule has 0 aromatic heterocycles. The van der Waals surface area contributed by atoms with Crippen LogP contribution in [-0.4, -0.2) is 30.0 Å². The SMILES string of the molecule is C=CCN(C(=O)C(C)Br)S(=O)(=O)c1ccc(C)cc1. The standard InChI is InChI=1S/C13H16BrNO3S/c1-4-9-15(13(16)11(3)14)19(17,18)12-7-5-10(2)6-8-12/h4-8,11H,1,9H2,2-3H3. The molecule has 0 aliphatic rings. The van der Waals surface area contributed by atoms with Gasteiger partial charge in [0, 0.05) is 0 Å². The lowest BCUT2D eigenvalue weighted by molar-refractivity contribution is -0.125. The first-order valence-electron chi connectivity index (χ1n) is 5.69. The summed E-state index contributed by atoms with van der Waals surface area (Å²) in [5.74, 6) is -0.513. The average Bonchev–Trinajstić information content (AvgIpc) is 2.35. The van der Waals surface area contributed by atoms with Crippen molar-refractivity contribution >= 4 is 31.9 Å². The van der Waals surface area contributed by atoms with E-state index in [0.29, 0.717) is 0 Å². The third-order valence-electron chi connectivity index (χ3n) is 2.49. The van der Waals surface area contributed by atoms with Gasteiger partial charge in [0.15, 0.2) is 0 Å². The van der Waals surface area contributed by atoms with Crippen LogP contribution in [0.5, 0.6) is 0 Å². The van der Waals surface area contributed by atoms with Crippen molar-refractivity contribution in [3.63, 3.8) is 0 Å². The molecule has 1 unspecified atom stereocenters. The number of amides is 1. The summed E-state index contributed by atoms with van der Waals surface area (Å²) in [5, 5.41) is 0. The Kier molecular flexibility index (Phi) is 5.31. The predicted octanol–water partition coefficient (Wildman–Crippen LogP) is 2.48. The number of nitrogens with zero attached hydrogens (tertiary/aromatic N) is 1. The molecule has 0 radical (unpaired) electrons. The molecule has 1 atom stereocenters. The van der Waals surface area contributed by atoms with Crippen LogP contribution in [-0.2, 0) is 14.8 Å². The van der Waals surface area contributed by atoms with Gasteiger partial charge in [-0.15, -0.1) is 6.58 Å². The zero-order chi connectivity index (χ0) is 14.6. The van der Waals surface area contributed by atoms with Gasteiger partial charge in [-0.2, -0.15) is 0 Å². The Morgan fingerprint density at radius 3 is 2.37 bits per heavy atom. The highest BCUT2D eigenvalue weighted by atomic mass is 79.9. The van der Waals surface area contributed by atoms with Crippen molar-refractivity contribution in [2.45, 2.75) is 23.6 Å².